The maximum absolute atomic E-state index is 12.8. The molecule has 3 rings (SSSR count). The molecular formula is C16H16N4O5. The number of nitrogens with zero attached hydrogens (tertiary/aromatic N) is 1. The number of amides is 5. The third kappa shape index (κ3) is 2.73. The fourth-order valence-electron chi connectivity index (χ4n) is 2.94. The highest BCUT2D eigenvalue weighted by Crippen LogP contribution is 2.32. The molecule has 4 N–H and O–H groups in total. The average molecular weight is 344 g/mol. The van der Waals surface area contributed by atoms with E-state index in [1.54, 1.807) is 12.1 Å². The summed E-state index contributed by atoms with van der Waals surface area (Å²) >= 11 is 0. The van der Waals surface area contributed by atoms with Crippen molar-refractivity contribution >= 4 is 35.2 Å². The average Bonchev–Trinajstić information content (AvgIpc) is 2.80. The minimum absolute atomic E-state index is 0.0492. The van der Waals surface area contributed by atoms with E-state index in [1.165, 1.54) is 13.0 Å². The molecule has 9 nitrogen and oxygen atoms in total. The monoisotopic (exact) mass is 344 g/mol. The highest BCUT2D eigenvalue weighted by atomic mass is 16.2. The second-order valence-electron chi connectivity index (χ2n) is 5.94. The van der Waals surface area contributed by atoms with Crippen molar-refractivity contribution < 1.29 is 24.0 Å². The number of carbonyl (C=O) groups is 5. The van der Waals surface area contributed by atoms with Gasteiger partial charge in [-0.15, -0.1) is 0 Å². The predicted molar refractivity (Wildman–Crippen MR) is 85.4 cm³/mol. The Morgan fingerprint density at radius 1 is 1.28 bits per heavy atom. The van der Waals surface area contributed by atoms with Gasteiger partial charge < -0.3 is 11.1 Å². The Morgan fingerprint density at radius 2 is 2.00 bits per heavy atom. The van der Waals surface area contributed by atoms with Crippen molar-refractivity contribution in [3.8, 4) is 0 Å². The highest BCUT2D eigenvalue weighted by Gasteiger charge is 2.45. The van der Waals surface area contributed by atoms with Crippen LogP contribution in [0, 0.1) is 0 Å². The van der Waals surface area contributed by atoms with Gasteiger partial charge in [0.15, 0.2) is 0 Å². The number of primary amides is 1. The summed E-state index contributed by atoms with van der Waals surface area (Å²) in [5.74, 6) is -2.98. The van der Waals surface area contributed by atoms with E-state index < -0.39 is 41.6 Å². The standard InChI is InChI=1S/C16H16N4O5/c1-7(13(17)22)18-9-4-2-3-8-12(9)16(25)20(15(8)24)10-5-6-11(21)19-14(10)23/h2-4,7,10,18H,5-6H2,1H3,(H2,17,22)(H,19,21,23). The van der Waals surface area contributed by atoms with E-state index in [4.69, 9.17) is 5.73 Å². The topological polar surface area (TPSA) is 139 Å². The highest BCUT2D eigenvalue weighted by molar-refractivity contribution is 6.25. The summed E-state index contributed by atoms with van der Waals surface area (Å²) in [7, 11) is 0. The molecule has 2 heterocycles. The molecule has 9 heteroatoms. The summed E-state index contributed by atoms with van der Waals surface area (Å²) in [5, 5.41) is 4.94. The number of rotatable bonds is 4. The summed E-state index contributed by atoms with van der Waals surface area (Å²) in [6, 6.07) is 2.80. The number of hydrogen-bond acceptors (Lipinski definition) is 6. The van der Waals surface area contributed by atoms with Crippen LogP contribution < -0.4 is 16.4 Å². The van der Waals surface area contributed by atoms with Gasteiger partial charge in [0.1, 0.15) is 12.1 Å². The normalized spacial score (nSPS) is 21.0. The number of anilines is 1. The van der Waals surface area contributed by atoms with Crippen LogP contribution in [0.25, 0.3) is 0 Å². The van der Waals surface area contributed by atoms with Crippen LogP contribution in [0.5, 0.6) is 0 Å². The van der Waals surface area contributed by atoms with Gasteiger partial charge in [-0.05, 0) is 25.5 Å². The van der Waals surface area contributed by atoms with Gasteiger partial charge >= 0.3 is 0 Å². The Balaban J connectivity index is 1.95. The number of imide groups is 2. The van der Waals surface area contributed by atoms with Crippen molar-refractivity contribution in [2.24, 2.45) is 5.73 Å². The SMILES string of the molecule is CC(Nc1cccc2c1C(=O)N(C1CCC(=O)NC1=O)C2=O)C(N)=O. The number of hydrogen-bond donors (Lipinski definition) is 3. The van der Waals surface area contributed by atoms with Crippen LogP contribution in [0.1, 0.15) is 40.5 Å². The third-order valence-electron chi connectivity index (χ3n) is 4.27. The number of piperidine rings is 1. The van der Waals surface area contributed by atoms with Gasteiger partial charge in [-0.1, -0.05) is 6.07 Å². The van der Waals surface area contributed by atoms with Crippen LogP contribution in [0.4, 0.5) is 5.69 Å². The predicted octanol–water partition coefficient (Wildman–Crippen LogP) is -0.626. The van der Waals surface area contributed by atoms with E-state index in [2.05, 4.69) is 10.6 Å². The Kier molecular flexibility index (Phi) is 3.99. The first-order valence-corrected chi connectivity index (χ1v) is 7.71. The van der Waals surface area contributed by atoms with Crippen molar-refractivity contribution in [3.05, 3.63) is 29.3 Å². The van der Waals surface area contributed by atoms with Crippen LogP contribution in [0.3, 0.4) is 0 Å². The lowest BCUT2D eigenvalue weighted by atomic mass is 10.0. The number of benzene rings is 1. The second-order valence-corrected chi connectivity index (χ2v) is 5.94. The van der Waals surface area contributed by atoms with Crippen molar-refractivity contribution in [2.75, 3.05) is 5.32 Å². The van der Waals surface area contributed by atoms with Crippen molar-refractivity contribution in [1.29, 1.82) is 0 Å². The molecule has 0 radical (unpaired) electrons. The number of fused-ring (bicyclic) bond motifs is 1. The van der Waals surface area contributed by atoms with E-state index >= 15 is 0 Å². The second kappa shape index (κ2) is 6.00. The summed E-state index contributed by atoms with van der Waals surface area (Å²) in [4.78, 5) is 60.8. The maximum atomic E-state index is 12.8. The van der Waals surface area contributed by atoms with Crippen LogP contribution >= 0.6 is 0 Å². The van der Waals surface area contributed by atoms with Crippen molar-refractivity contribution in [3.63, 3.8) is 0 Å². The molecule has 1 aromatic rings. The van der Waals surface area contributed by atoms with Gasteiger partial charge in [0.05, 0.1) is 11.1 Å². The zero-order valence-corrected chi connectivity index (χ0v) is 13.4. The largest absolute Gasteiger partial charge is 0.373 e. The molecule has 2 unspecified atom stereocenters. The Bertz CT molecular complexity index is 819. The summed E-state index contributed by atoms with van der Waals surface area (Å²) in [6.07, 6.45) is 0.129. The van der Waals surface area contributed by atoms with Gasteiger partial charge in [0, 0.05) is 12.1 Å². The quantitative estimate of drug-likeness (QED) is 0.622. The first-order valence-electron chi connectivity index (χ1n) is 7.71. The molecule has 1 aromatic carbocycles. The minimum Gasteiger partial charge on any atom is -0.373 e. The Labute approximate surface area is 142 Å². The van der Waals surface area contributed by atoms with E-state index in [0.29, 0.717) is 0 Å². The minimum atomic E-state index is -1.04. The number of nitrogens with two attached hydrogens (primary N) is 1. The molecule has 0 saturated carbocycles. The van der Waals surface area contributed by atoms with Crippen LogP contribution in [0.15, 0.2) is 18.2 Å². The molecule has 0 aliphatic carbocycles. The summed E-state index contributed by atoms with van der Waals surface area (Å²) < 4.78 is 0. The van der Waals surface area contributed by atoms with Gasteiger partial charge in [0.25, 0.3) is 11.8 Å². The first-order chi connectivity index (χ1) is 11.8. The number of nitrogens with one attached hydrogen (secondary N) is 2. The van der Waals surface area contributed by atoms with Gasteiger partial charge in [-0.25, -0.2) is 0 Å². The van der Waals surface area contributed by atoms with Gasteiger partial charge in [0.2, 0.25) is 17.7 Å². The Morgan fingerprint density at radius 3 is 2.64 bits per heavy atom. The zero-order chi connectivity index (χ0) is 18.3. The van der Waals surface area contributed by atoms with E-state index in [9.17, 15) is 24.0 Å². The van der Waals surface area contributed by atoms with Crippen LogP contribution in [-0.4, -0.2) is 46.5 Å². The molecule has 2 aliphatic heterocycles. The molecule has 2 aliphatic rings. The lowest BCUT2D eigenvalue weighted by Crippen LogP contribution is -2.54. The number of carbonyl (C=O) groups excluding carboxylic acids is 5. The molecule has 25 heavy (non-hydrogen) atoms. The fraction of sp³-hybridized carbons (Fsp3) is 0.312. The summed E-state index contributed by atoms with van der Waals surface area (Å²) in [6.45, 7) is 1.53. The smallest absolute Gasteiger partial charge is 0.264 e. The fourth-order valence-corrected chi connectivity index (χ4v) is 2.94. The molecule has 0 bridgehead atoms. The molecule has 130 valence electrons. The van der Waals surface area contributed by atoms with Crippen LogP contribution in [-0.2, 0) is 14.4 Å². The van der Waals surface area contributed by atoms with Crippen molar-refractivity contribution in [1.82, 2.24) is 10.2 Å². The van der Waals surface area contributed by atoms with Gasteiger partial charge in [-0.3, -0.25) is 34.2 Å². The lowest BCUT2D eigenvalue weighted by molar-refractivity contribution is -0.136. The summed E-state index contributed by atoms with van der Waals surface area (Å²) in [5.41, 5.74) is 5.73. The molecule has 2 atom stereocenters. The van der Waals surface area contributed by atoms with E-state index in [1.807, 2.05) is 0 Å². The molecule has 1 fully saturated rings. The first kappa shape index (κ1) is 16.6. The van der Waals surface area contributed by atoms with Gasteiger partial charge in [-0.2, -0.15) is 0 Å². The molecule has 0 spiro atoms. The van der Waals surface area contributed by atoms with Crippen molar-refractivity contribution in [2.45, 2.75) is 31.8 Å². The molecule has 5 amide bonds. The Hall–Kier alpha value is -3.23. The zero-order valence-electron chi connectivity index (χ0n) is 13.4. The van der Waals surface area contributed by atoms with E-state index in [0.717, 1.165) is 4.90 Å². The van der Waals surface area contributed by atoms with E-state index in [-0.39, 0.29) is 29.7 Å². The third-order valence-corrected chi connectivity index (χ3v) is 4.27. The maximum Gasteiger partial charge on any atom is 0.264 e. The molecular weight excluding hydrogens is 328 g/mol. The van der Waals surface area contributed by atoms with Crippen LogP contribution in [0.2, 0.25) is 0 Å². The molecule has 0 aromatic heterocycles. The molecule has 1 saturated heterocycles. The lowest BCUT2D eigenvalue weighted by Gasteiger charge is -2.27.